The molecule has 6 nitrogen and oxygen atoms in total. The second kappa shape index (κ2) is 10.7. The van der Waals surface area contributed by atoms with Gasteiger partial charge in [-0.1, -0.05) is 58.3 Å². The monoisotopic (exact) mass is 322 g/mol. The average molecular weight is 322 g/mol. The zero-order chi connectivity index (χ0) is 16.3. The van der Waals surface area contributed by atoms with Crippen LogP contribution in [0.4, 0.5) is 0 Å². The largest absolute Gasteiger partial charge is 0.480 e. The number of unbranched alkanes of at least 4 members (excludes halogenated alkanes) is 8. The molecule has 0 saturated heterocycles. The Kier molecular flexibility index (Phi) is 10.2. The van der Waals surface area contributed by atoms with Crippen LogP contribution in [-0.2, 0) is 19.7 Å². The third-order valence-corrected chi connectivity index (χ3v) is 4.40. The van der Waals surface area contributed by atoms with Crippen LogP contribution in [0.15, 0.2) is 0 Å². The summed E-state index contributed by atoms with van der Waals surface area (Å²) in [6, 6.07) is 0. The van der Waals surface area contributed by atoms with E-state index in [1.807, 2.05) is 0 Å². The van der Waals surface area contributed by atoms with Crippen molar-refractivity contribution in [1.29, 1.82) is 0 Å². The molecule has 21 heavy (non-hydrogen) atoms. The van der Waals surface area contributed by atoms with Gasteiger partial charge in [0.2, 0.25) is 5.25 Å². The molecule has 1 unspecified atom stereocenters. The Bertz CT molecular complexity index is 415. The van der Waals surface area contributed by atoms with Gasteiger partial charge in [0.15, 0.2) is 5.78 Å². The number of ketones is 1. The number of rotatable bonds is 13. The molecule has 1 atom stereocenters. The van der Waals surface area contributed by atoms with Gasteiger partial charge in [-0.15, -0.1) is 0 Å². The molecule has 0 bridgehead atoms. The molecule has 0 aliphatic rings. The molecular formula is C14H26O6S. The molecule has 0 radical (unpaired) electrons. The quantitative estimate of drug-likeness (QED) is 0.306. The molecule has 124 valence electrons. The first-order chi connectivity index (χ1) is 9.80. The van der Waals surface area contributed by atoms with Crippen LogP contribution in [0.3, 0.4) is 0 Å². The number of carbonyl (C=O) groups is 2. The van der Waals surface area contributed by atoms with Gasteiger partial charge in [0.25, 0.3) is 10.1 Å². The normalized spacial score (nSPS) is 13.0. The van der Waals surface area contributed by atoms with Crippen LogP contribution in [-0.4, -0.2) is 35.1 Å². The van der Waals surface area contributed by atoms with Crippen molar-refractivity contribution in [3.05, 3.63) is 0 Å². The number of aliphatic carboxylic acids is 1. The Morgan fingerprint density at radius 2 is 1.33 bits per heavy atom. The minimum atomic E-state index is -4.87. The predicted octanol–water partition coefficient (Wildman–Crippen LogP) is 2.82. The van der Waals surface area contributed by atoms with E-state index >= 15 is 0 Å². The van der Waals surface area contributed by atoms with Crippen molar-refractivity contribution in [2.24, 2.45) is 0 Å². The van der Waals surface area contributed by atoms with Gasteiger partial charge in [-0.3, -0.25) is 14.1 Å². The van der Waals surface area contributed by atoms with E-state index in [-0.39, 0.29) is 6.42 Å². The van der Waals surface area contributed by atoms with Gasteiger partial charge in [0, 0.05) is 6.42 Å². The van der Waals surface area contributed by atoms with Gasteiger partial charge < -0.3 is 5.11 Å². The van der Waals surface area contributed by atoms with Gasteiger partial charge in [-0.05, 0) is 6.42 Å². The standard InChI is InChI=1S/C14H26O6S/c1-2-3-4-5-6-7-8-9-10-11-12(15)13(14(16)17)21(18,19)20/h13H,2-11H2,1H3,(H,16,17)(H,18,19,20). The molecule has 0 spiro atoms. The number of carboxylic acid groups (broad SMARTS) is 1. The maximum absolute atomic E-state index is 11.5. The first-order valence-corrected chi connectivity index (χ1v) is 9.02. The van der Waals surface area contributed by atoms with Crippen molar-refractivity contribution < 1.29 is 27.7 Å². The van der Waals surface area contributed by atoms with Crippen LogP contribution in [0.1, 0.15) is 71.1 Å². The lowest BCUT2D eigenvalue weighted by Gasteiger charge is -2.07. The van der Waals surface area contributed by atoms with Crippen LogP contribution >= 0.6 is 0 Å². The average Bonchev–Trinajstić information content (AvgIpc) is 2.34. The van der Waals surface area contributed by atoms with Crippen LogP contribution in [0, 0.1) is 0 Å². The number of Topliss-reactive ketones (excluding diaryl/α,β-unsaturated/α-hetero) is 1. The smallest absolute Gasteiger partial charge is 0.332 e. The minimum absolute atomic E-state index is 0.132. The predicted molar refractivity (Wildman–Crippen MR) is 79.8 cm³/mol. The Labute approximate surface area is 126 Å². The van der Waals surface area contributed by atoms with E-state index in [1.165, 1.54) is 25.7 Å². The van der Waals surface area contributed by atoms with Crippen molar-refractivity contribution in [3.63, 3.8) is 0 Å². The van der Waals surface area contributed by atoms with E-state index in [0.717, 1.165) is 25.7 Å². The third-order valence-electron chi connectivity index (χ3n) is 3.34. The maximum atomic E-state index is 11.5. The number of hydrogen-bond donors (Lipinski definition) is 2. The van der Waals surface area contributed by atoms with E-state index < -0.39 is 27.1 Å². The molecule has 0 aromatic carbocycles. The van der Waals surface area contributed by atoms with E-state index in [2.05, 4.69) is 6.92 Å². The molecule has 0 aromatic heterocycles. The van der Waals surface area contributed by atoms with Gasteiger partial charge in [0.05, 0.1) is 0 Å². The zero-order valence-electron chi connectivity index (χ0n) is 12.6. The Hall–Kier alpha value is -0.950. The Balaban J connectivity index is 3.82. The lowest BCUT2D eigenvalue weighted by atomic mass is 10.0. The molecule has 7 heteroatoms. The number of hydrogen-bond acceptors (Lipinski definition) is 4. The summed E-state index contributed by atoms with van der Waals surface area (Å²) in [7, 11) is -4.87. The van der Waals surface area contributed by atoms with Gasteiger partial charge in [-0.2, -0.15) is 8.42 Å². The first-order valence-electron chi connectivity index (χ1n) is 7.52. The summed E-state index contributed by atoms with van der Waals surface area (Å²) >= 11 is 0. The Morgan fingerprint density at radius 3 is 1.71 bits per heavy atom. The first kappa shape index (κ1) is 20.1. The lowest BCUT2D eigenvalue weighted by molar-refractivity contribution is -0.139. The fourth-order valence-corrected chi connectivity index (χ4v) is 2.88. The maximum Gasteiger partial charge on any atom is 0.332 e. The van der Waals surface area contributed by atoms with Crippen molar-refractivity contribution in [1.82, 2.24) is 0 Å². The molecule has 2 N–H and O–H groups in total. The van der Waals surface area contributed by atoms with Gasteiger partial charge in [0.1, 0.15) is 0 Å². The molecule has 0 aliphatic heterocycles. The van der Waals surface area contributed by atoms with E-state index in [0.29, 0.717) is 6.42 Å². The summed E-state index contributed by atoms with van der Waals surface area (Å²) in [5.74, 6) is -2.77. The zero-order valence-corrected chi connectivity index (χ0v) is 13.4. The van der Waals surface area contributed by atoms with E-state index in [1.54, 1.807) is 0 Å². The topological polar surface area (TPSA) is 109 Å². The van der Waals surface area contributed by atoms with Crippen molar-refractivity contribution in [2.75, 3.05) is 0 Å². The molecule has 0 aliphatic carbocycles. The summed E-state index contributed by atoms with van der Waals surface area (Å²) in [6.45, 7) is 2.16. The second-order valence-electron chi connectivity index (χ2n) is 5.28. The molecule has 0 rings (SSSR count). The highest BCUT2D eigenvalue weighted by Gasteiger charge is 2.37. The number of carbonyl (C=O) groups excluding carboxylic acids is 1. The van der Waals surface area contributed by atoms with Crippen LogP contribution in [0.5, 0.6) is 0 Å². The van der Waals surface area contributed by atoms with Crippen molar-refractivity contribution in [2.45, 2.75) is 76.4 Å². The van der Waals surface area contributed by atoms with E-state index in [9.17, 15) is 18.0 Å². The highest BCUT2D eigenvalue weighted by atomic mass is 32.2. The summed E-state index contributed by atoms with van der Waals surface area (Å²) in [4.78, 5) is 22.2. The summed E-state index contributed by atoms with van der Waals surface area (Å²) < 4.78 is 30.4. The summed E-state index contributed by atoms with van der Waals surface area (Å²) in [5.41, 5.74) is 0. The molecule has 0 saturated carbocycles. The minimum Gasteiger partial charge on any atom is -0.480 e. The third kappa shape index (κ3) is 9.57. The van der Waals surface area contributed by atoms with Gasteiger partial charge >= 0.3 is 5.97 Å². The van der Waals surface area contributed by atoms with Crippen molar-refractivity contribution >= 4 is 21.9 Å². The fraction of sp³-hybridized carbons (Fsp3) is 0.857. The molecule has 0 amide bonds. The fourth-order valence-electron chi connectivity index (χ4n) is 2.17. The number of carboxylic acids is 1. The lowest BCUT2D eigenvalue weighted by Crippen LogP contribution is -2.37. The Morgan fingerprint density at radius 1 is 0.905 bits per heavy atom. The van der Waals surface area contributed by atoms with Crippen LogP contribution in [0.25, 0.3) is 0 Å². The van der Waals surface area contributed by atoms with Crippen molar-refractivity contribution in [3.8, 4) is 0 Å². The molecule has 0 aromatic rings. The summed E-state index contributed by atoms with van der Waals surface area (Å²) in [5, 5.41) is 6.32. The second-order valence-corrected chi connectivity index (χ2v) is 6.78. The van der Waals surface area contributed by atoms with E-state index in [4.69, 9.17) is 9.66 Å². The van der Waals surface area contributed by atoms with Gasteiger partial charge in [-0.25, -0.2) is 0 Å². The summed E-state index contributed by atoms with van der Waals surface area (Å²) in [6.07, 6.45) is 9.15. The molecule has 0 heterocycles. The molecular weight excluding hydrogens is 296 g/mol. The highest BCUT2D eigenvalue weighted by molar-refractivity contribution is 7.88. The van der Waals surface area contributed by atoms with Crippen LogP contribution < -0.4 is 0 Å². The molecule has 0 fully saturated rings. The SMILES string of the molecule is CCCCCCCCCCCC(=O)C(C(=O)O)S(=O)(=O)O. The highest BCUT2D eigenvalue weighted by Crippen LogP contribution is 2.12. The van der Waals surface area contributed by atoms with Crippen LogP contribution in [0.2, 0.25) is 0 Å².